The molecule has 1 aliphatic rings. The van der Waals surface area contributed by atoms with Gasteiger partial charge in [0.05, 0.1) is 23.2 Å². The van der Waals surface area contributed by atoms with Crippen molar-refractivity contribution < 1.29 is 14.3 Å². The van der Waals surface area contributed by atoms with Crippen molar-refractivity contribution in [2.75, 3.05) is 18.6 Å². The summed E-state index contributed by atoms with van der Waals surface area (Å²) in [5.74, 6) is -0.793. The third kappa shape index (κ3) is 2.89. The maximum atomic E-state index is 12.3. The third-order valence-electron chi connectivity index (χ3n) is 4.36. The van der Waals surface area contributed by atoms with Gasteiger partial charge < -0.3 is 9.64 Å². The second-order valence-corrected chi connectivity index (χ2v) is 7.00. The highest BCUT2D eigenvalue weighted by atomic mass is 32.1. The largest absolute Gasteiger partial charge is 0.469 e. The standard InChI is InChI=1S/C19H16N2O3S/c1-24-19(23)13-10-17(22)21(11-13)14-6-4-5-12(9-14)18-20-15-7-2-3-8-16(15)25-18/h2-9,13H,10-11H2,1H3. The van der Waals surface area contributed by atoms with Crippen LogP contribution in [0.4, 0.5) is 5.69 Å². The molecule has 126 valence electrons. The highest BCUT2D eigenvalue weighted by Crippen LogP contribution is 2.33. The summed E-state index contributed by atoms with van der Waals surface area (Å²) in [6.45, 7) is 0.356. The van der Waals surface area contributed by atoms with Gasteiger partial charge in [0.15, 0.2) is 0 Å². The number of thiazole rings is 1. The Kier molecular flexibility index (Phi) is 3.97. The number of carbonyl (C=O) groups excluding carboxylic acids is 2. The number of hydrogen-bond donors (Lipinski definition) is 0. The van der Waals surface area contributed by atoms with E-state index < -0.39 is 5.92 Å². The monoisotopic (exact) mass is 352 g/mol. The fourth-order valence-electron chi connectivity index (χ4n) is 3.08. The van der Waals surface area contributed by atoms with Crippen molar-refractivity contribution in [3.8, 4) is 10.6 Å². The van der Waals surface area contributed by atoms with Crippen LogP contribution in [0.2, 0.25) is 0 Å². The second kappa shape index (κ2) is 6.29. The third-order valence-corrected chi connectivity index (χ3v) is 5.44. The van der Waals surface area contributed by atoms with E-state index >= 15 is 0 Å². The summed E-state index contributed by atoms with van der Waals surface area (Å²) in [6.07, 6.45) is 0.192. The van der Waals surface area contributed by atoms with Crippen molar-refractivity contribution in [2.24, 2.45) is 5.92 Å². The number of carbonyl (C=O) groups is 2. The maximum absolute atomic E-state index is 12.3. The number of methoxy groups -OCH3 is 1. The summed E-state index contributed by atoms with van der Waals surface area (Å²) >= 11 is 1.62. The Hall–Kier alpha value is -2.73. The lowest BCUT2D eigenvalue weighted by Gasteiger charge is -2.17. The smallest absolute Gasteiger partial charge is 0.311 e. The number of para-hydroxylation sites is 1. The van der Waals surface area contributed by atoms with E-state index in [-0.39, 0.29) is 18.3 Å². The molecular weight excluding hydrogens is 336 g/mol. The van der Waals surface area contributed by atoms with Gasteiger partial charge in [-0.15, -0.1) is 11.3 Å². The number of aromatic nitrogens is 1. The van der Waals surface area contributed by atoms with Crippen molar-refractivity contribution >= 4 is 39.1 Å². The first-order valence-corrected chi connectivity index (χ1v) is 8.81. The molecule has 4 rings (SSSR count). The average molecular weight is 352 g/mol. The van der Waals surface area contributed by atoms with Gasteiger partial charge in [0, 0.05) is 24.2 Å². The first-order chi connectivity index (χ1) is 12.2. The van der Waals surface area contributed by atoms with E-state index in [1.54, 1.807) is 16.2 Å². The Morgan fingerprint density at radius 2 is 2.08 bits per heavy atom. The highest BCUT2D eigenvalue weighted by molar-refractivity contribution is 7.21. The second-order valence-electron chi connectivity index (χ2n) is 5.97. The van der Waals surface area contributed by atoms with Crippen LogP contribution < -0.4 is 4.90 Å². The van der Waals surface area contributed by atoms with Gasteiger partial charge in [-0.3, -0.25) is 9.59 Å². The quantitative estimate of drug-likeness (QED) is 0.677. The van der Waals surface area contributed by atoms with Gasteiger partial charge in [-0.25, -0.2) is 4.98 Å². The number of esters is 1. The number of nitrogens with zero attached hydrogens (tertiary/aromatic N) is 2. The van der Waals surface area contributed by atoms with Crippen molar-refractivity contribution in [1.29, 1.82) is 0 Å². The van der Waals surface area contributed by atoms with Gasteiger partial charge in [0.2, 0.25) is 5.91 Å². The number of hydrogen-bond acceptors (Lipinski definition) is 5. The van der Waals surface area contributed by atoms with Gasteiger partial charge in [-0.05, 0) is 24.3 Å². The minimum atomic E-state index is -0.399. The molecule has 1 saturated heterocycles. The van der Waals surface area contributed by atoms with E-state index in [1.165, 1.54) is 7.11 Å². The van der Waals surface area contributed by atoms with Crippen LogP contribution >= 0.6 is 11.3 Å². The summed E-state index contributed by atoms with van der Waals surface area (Å²) in [4.78, 5) is 30.3. The average Bonchev–Trinajstić information content (AvgIpc) is 3.24. The lowest BCUT2D eigenvalue weighted by molar-refractivity contribution is -0.145. The van der Waals surface area contributed by atoms with Crippen LogP contribution in [0.25, 0.3) is 20.8 Å². The predicted octanol–water partition coefficient (Wildman–Crippen LogP) is 3.49. The number of ether oxygens (including phenoxy) is 1. The highest BCUT2D eigenvalue weighted by Gasteiger charge is 2.35. The molecule has 0 aliphatic carbocycles. The van der Waals surface area contributed by atoms with Crippen LogP contribution in [0, 0.1) is 5.92 Å². The van der Waals surface area contributed by atoms with E-state index in [9.17, 15) is 9.59 Å². The minimum absolute atomic E-state index is 0.0585. The zero-order valence-corrected chi connectivity index (χ0v) is 14.5. The minimum Gasteiger partial charge on any atom is -0.469 e. The van der Waals surface area contributed by atoms with Gasteiger partial charge in [-0.1, -0.05) is 24.3 Å². The molecule has 1 aliphatic heterocycles. The Morgan fingerprint density at radius 1 is 1.24 bits per heavy atom. The van der Waals surface area contributed by atoms with Crippen molar-refractivity contribution in [1.82, 2.24) is 4.98 Å². The van der Waals surface area contributed by atoms with Crippen LogP contribution in [-0.4, -0.2) is 30.5 Å². The molecule has 0 bridgehead atoms. The summed E-state index contributed by atoms with van der Waals surface area (Å²) in [7, 11) is 1.35. The molecule has 2 aromatic carbocycles. The van der Waals surface area contributed by atoms with E-state index in [0.29, 0.717) is 6.54 Å². The SMILES string of the molecule is COC(=O)C1CC(=O)N(c2cccc(-c3nc4ccccc4s3)c2)C1. The Morgan fingerprint density at radius 3 is 2.88 bits per heavy atom. The molecule has 0 N–H and O–H groups in total. The summed E-state index contributed by atoms with van der Waals surface area (Å²) < 4.78 is 5.90. The summed E-state index contributed by atoms with van der Waals surface area (Å²) in [6, 6.07) is 15.7. The number of anilines is 1. The summed E-state index contributed by atoms with van der Waals surface area (Å²) in [5.41, 5.74) is 2.72. The zero-order valence-electron chi connectivity index (χ0n) is 13.6. The molecule has 1 fully saturated rings. The van der Waals surface area contributed by atoms with Crippen LogP contribution in [0.1, 0.15) is 6.42 Å². The van der Waals surface area contributed by atoms with E-state index in [2.05, 4.69) is 4.98 Å². The lowest BCUT2D eigenvalue weighted by atomic mass is 10.1. The van der Waals surface area contributed by atoms with Gasteiger partial charge in [0.1, 0.15) is 5.01 Å². The predicted molar refractivity (Wildman–Crippen MR) is 97.5 cm³/mol. The van der Waals surface area contributed by atoms with Crippen LogP contribution in [0.5, 0.6) is 0 Å². The molecule has 1 amide bonds. The number of benzene rings is 2. The fourth-order valence-corrected chi connectivity index (χ4v) is 4.05. The van der Waals surface area contributed by atoms with Crippen molar-refractivity contribution in [2.45, 2.75) is 6.42 Å². The lowest BCUT2D eigenvalue weighted by Crippen LogP contribution is -2.26. The zero-order chi connectivity index (χ0) is 17.4. The molecule has 0 saturated carbocycles. The number of amides is 1. The first-order valence-electron chi connectivity index (χ1n) is 8.00. The maximum Gasteiger partial charge on any atom is 0.311 e. The van der Waals surface area contributed by atoms with Crippen LogP contribution in [-0.2, 0) is 14.3 Å². The molecule has 5 nitrogen and oxygen atoms in total. The molecule has 0 spiro atoms. The molecule has 2 heterocycles. The Bertz CT molecular complexity index is 933. The van der Waals surface area contributed by atoms with Gasteiger partial charge in [0.25, 0.3) is 0 Å². The van der Waals surface area contributed by atoms with Gasteiger partial charge in [-0.2, -0.15) is 0 Å². The molecule has 0 radical (unpaired) electrons. The van der Waals surface area contributed by atoms with Gasteiger partial charge >= 0.3 is 5.97 Å². The van der Waals surface area contributed by atoms with E-state index in [0.717, 1.165) is 26.5 Å². The topological polar surface area (TPSA) is 59.5 Å². The van der Waals surface area contributed by atoms with Crippen molar-refractivity contribution in [3.63, 3.8) is 0 Å². The number of fused-ring (bicyclic) bond motifs is 1. The molecule has 6 heteroatoms. The first kappa shape index (κ1) is 15.8. The molecular formula is C19H16N2O3S. The fraction of sp³-hybridized carbons (Fsp3) is 0.211. The summed E-state index contributed by atoms with van der Waals surface area (Å²) in [5, 5.41) is 0.916. The molecule has 25 heavy (non-hydrogen) atoms. The normalized spacial score (nSPS) is 17.2. The number of rotatable bonds is 3. The molecule has 3 aromatic rings. The Balaban J connectivity index is 1.65. The van der Waals surface area contributed by atoms with Crippen LogP contribution in [0.15, 0.2) is 48.5 Å². The molecule has 1 unspecified atom stereocenters. The Labute approximate surface area is 148 Å². The van der Waals surface area contributed by atoms with E-state index in [4.69, 9.17) is 4.74 Å². The van der Waals surface area contributed by atoms with Crippen LogP contribution in [0.3, 0.4) is 0 Å². The van der Waals surface area contributed by atoms with Crippen molar-refractivity contribution in [3.05, 3.63) is 48.5 Å². The van der Waals surface area contributed by atoms with E-state index in [1.807, 2.05) is 48.5 Å². The molecule has 1 aromatic heterocycles. The molecule has 1 atom stereocenters.